The first-order chi connectivity index (χ1) is 6.71. The summed E-state index contributed by atoms with van der Waals surface area (Å²) in [5.74, 6) is 0. The Bertz CT molecular complexity index is 269. The molecule has 1 saturated heterocycles. The molecule has 0 aromatic heterocycles. The van der Waals surface area contributed by atoms with Crippen LogP contribution in [0.2, 0.25) is 0 Å². The van der Waals surface area contributed by atoms with Crippen molar-refractivity contribution in [3.63, 3.8) is 0 Å². The van der Waals surface area contributed by atoms with Gasteiger partial charge in [0, 0.05) is 6.42 Å². The fourth-order valence-corrected chi connectivity index (χ4v) is 1.57. The zero-order valence-electron chi connectivity index (χ0n) is 7.53. The van der Waals surface area contributed by atoms with Crippen LogP contribution < -0.4 is 0 Å². The standard InChI is InChI=1S/C7H10F3NO4/c8-7(9,10)6(15)1-4(2-12)11(3-6)5(13)14/h4,12,15H,1-3H2,(H,13,14)/t4-,6?/m0/s1. The molecule has 1 amide bonds. The van der Waals surface area contributed by atoms with Gasteiger partial charge in [-0.3, -0.25) is 4.90 Å². The number of nitrogens with zero attached hydrogens (tertiary/aromatic N) is 1. The third-order valence-electron chi connectivity index (χ3n) is 2.43. The minimum atomic E-state index is -4.90. The van der Waals surface area contributed by atoms with Gasteiger partial charge < -0.3 is 15.3 Å². The minimum absolute atomic E-state index is 0.396. The van der Waals surface area contributed by atoms with Gasteiger partial charge in [0.15, 0.2) is 5.60 Å². The summed E-state index contributed by atoms with van der Waals surface area (Å²) in [6, 6.07) is -1.21. The van der Waals surface area contributed by atoms with E-state index in [1.165, 1.54) is 0 Å². The highest BCUT2D eigenvalue weighted by atomic mass is 19.4. The highest BCUT2D eigenvalue weighted by Crippen LogP contribution is 2.40. The van der Waals surface area contributed by atoms with Crippen molar-refractivity contribution in [3.05, 3.63) is 0 Å². The van der Waals surface area contributed by atoms with Crippen LogP contribution in [0.5, 0.6) is 0 Å². The van der Waals surface area contributed by atoms with E-state index in [9.17, 15) is 23.1 Å². The molecule has 1 heterocycles. The summed E-state index contributed by atoms with van der Waals surface area (Å²) in [5.41, 5.74) is -3.06. The highest BCUT2D eigenvalue weighted by molar-refractivity contribution is 5.66. The molecular formula is C7H10F3NO4. The SMILES string of the molecule is O=C(O)N1CC(O)(C(F)(F)F)C[C@H]1CO. The first-order valence-corrected chi connectivity index (χ1v) is 4.11. The average Bonchev–Trinajstić information content (AvgIpc) is 2.43. The predicted molar refractivity (Wildman–Crippen MR) is 41.2 cm³/mol. The van der Waals surface area contributed by atoms with Crippen molar-refractivity contribution in [1.29, 1.82) is 0 Å². The Labute approximate surface area is 82.7 Å². The average molecular weight is 229 g/mol. The summed E-state index contributed by atoms with van der Waals surface area (Å²) < 4.78 is 37.0. The van der Waals surface area contributed by atoms with Gasteiger partial charge in [-0.15, -0.1) is 0 Å². The monoisotopic (exact) mass is 229 g/mol. The van der Waals surface area contributed by atoms with Crippen molar-refractivity contribution < 1.29 is 33.3 Å². The topological polar surface area (TPSA) is 81.0 Å². The van der Waals surface area contributed by atoms with Gasteiger partial charge in [-0.25, -0.2) is 4.79 Å². The molecule has 2 atom stereocenters. The van der Waals surface area contributed by atoms with Gasteiger partial charge in [0.25, 0.3) is 0 Å². The lowest BCUT2D eigenvalue weighted by Crippen LogP contribution is -2.47. The Hall–Kier alpha value is -1.02. The third-order valence-corrected chi connectivity index (χ3v) is 2.43. The Morgan fingerprint density at radius 2 is 2.07 bits per heavy atom. The van der Waals surface area contributed by atoms with E-state index in [2.05, 4.69) is 0 Å². The van der Waals surface area contributed by atoms with Gasteiger partial charge in [-0.1, -0.05) is 0 Å². The van der Waals surface area contributed by atoms with E-state index >= 15 is 0 Å². The van der Waals surface area contributed by atoms with Gasteiger partial charge >= 0.3 is 12.3 Å². The van der Waals surface area contributed by atoms with Gasteiger partial charge in [0.1, 0.15) is 0 Å². The minimum Gasteiger partial charge on any atom is -0.465 e. The largest absolute Gasteiger partial charge is 0.465 e. The number of halogens is 3. The van der Waals surface area contributed by atoms with Crippen molar-refractivity contribution >= 4 is 6.09 Å². The maximum absolute atomic E-state index is 12.3. The normalized spacial score (nSPS) is 32.1. The van der Waals surface area contributed by atoms with Crippen LogP contribution in [-0.4, -0.2) is 57.3 Å². The maximum Gasteiger partial charge on any atom is 0.419 e. The number of rotatable bonds is 1. The number of amides is 1. The van der Waals surface area contributed by atoms with E-state index in [1.54, 1.807) is 0 Å². The van der Waals surface area contributed by atoms with Crippen LogP contribution in [0.15, 0.2) is 0 Å². The fraction of sp³-hybridized carbons (Fsp3) is 0.857. The van der Waals surface area contributed by atoms with E-state index in [1.807, 2.05) is 0 Å². The molecule has 1 unspecified atom stereocenters. The summed E-state index contributed by atoms with van der Waals surface area (Å²) in [5, 5.41) is 26.5. The molecule has 8 heteroatoms. The predicted octanol–water partition coefficient (Wildman–Crippen LogP) is 0.0244. The molecule has 0 saturated carbocycles. The molecular weight excluding hydrogens is 219 g/mol. The van der Waals surface area contributed by atoms with Gasteiger partial charge in [-0.05, 0) is 0 Å². The Kier molecular flexibility index (Phi) is 2.83. The van der Waals surface area contributed by atoms with Crippen molar-refractivity contribution in [1.82, 2.24) is 4.90 Å². The van der Waals surface area contributed by atoms with Crippen LogP contribution in [0, 0.1) is 0 Å². The summed E-state index contributed by atoms with van der Waals surface area (Å²) in [4.78, 5) is 10.9. The van der Waals surface area contributed by atoms with Gasteiger partial charge in [-0.2, -0.15) is 13.2 Å². The lowest BCUT2D eigenvalue weighted by atomic mass is 10.0. The fourth-order valence-electron chi connectivity index (χ4n) is 1.57. The summed E-state index contributed by atoms with van der Waals surface area (Å²) in [6.45, 7) is -1.80. The van der Waals surface area contributed by atoms with E-state index in [0.29, 0.717) is 4.90 Å². The van der Waals surface area contributed by atoms with E-state index in [-0.39, 0.29) is 0 Å². The summed E-state index contributed by atoms with van der Waals surface area (Å²) in [6.07, 6.45) is -7.32. The number of hydrogen-bond acceptors (Lipinski definition) is 3. The second-order valence-corrected chi connectivity index (χ2v) is 3.48. The molecule has 0 bridgehead atoms. The molecule has 0 aromatic rings. The van der Waals surface area contributed by atoms with Crippen molar-refractivity contribution in [2.75, 3.05) is 13.2 Å². The number of aliphatic hydroxyl groups is 2. The van der Waals surface area contributed by atoms with E-state index < -0.39 is 43.5 Å². The quantitative estimate of drug-likeness (QED) is 0.592. The van der Waals surface area contributed by atoms with Crippen molar-refractivity contribution in [2.45, 2.75) is 24.2 Å². The van der Waals surface area contributed by atoms with E-state index in [4.69, 9.17) is 10.2 Å². The Morgan fingerprint density at radius 1 is 1.53 bits per heavy atom. The lowest BCUT2D eigenvalue weighted by molar-refractivity contribution is -0.253. The summed E-state index contributed by atoms with van der Waals surface area (Å²) in [7, 11) is 0. The second-order valence-electron chi connectivity index (χ2n) is 3.48. The molecule has 1 rings (SSSR count). The number of carbonyl (C=O) groups is 1. The number of carboxylic acid groups (broad SMARTS) is 1. The lowest BCUT2D eigenvalue weighted by Gasteiger charge is -2.24. The van der Waals surface area contributed by atoms with Gasteiger partial charge in [0.2, 0.25) is 0 Å². The third kappa shape index (κ3) is 2.00. The molecule has 0 radical (unpaired) electrons. The molecule has 0 spiro atoms. The number of hydrogen-bond donors (Lipinski definition) is 3. The molecule has 5 nitrogen and oxygen atoms in total. The molecule has 88 valence electrons. The van der Waals surface area contributed by atoms with Crippen LogP contribution >= 0.6 is 0 Å². The zero-order chi connectivity index (χ0) is 11.9. The van der Waals surface area contributed by atoms with Crippen LogP contribution in [0.4, 0.5) is 18.0 Å². The second kappa shape index (κ2) is 3.53. The van der Waals surface area contributed by atoms with Crippen LogP contribution in [0.1, 0.15) is 6.42 Å². The number of β-amino-alcohol motifs (C(OH)–C–C–N with tert-alkyl or cyclic N) is 1. The molecule has 3 N–H and O–H groups in total. The Morgan fingerprint density at radius 3 is 2.33 bits per heavy atom. The van der Waals surface area contributed by atoms with Crippen LogP contribution in [-0.2, 0) is 0 Å². The molecule has 0 aromatic carbocycles. The molecule has 1 fully saturated rings. The number of alkyl halides is 3. The van der Waals surface area contributed by atoms with E-state index in [0.717, 1.165) is 0 Å². The molecule has 0 aliphatic carbocycles. The number of aliphatic hydroxyl groups excluding tert-OH is 1. The smallest absolute Gasteiger partial charge is 0.419 e. The van der Waals surface area contributed by atoms with Crippen molar-refractivity contribution in [3.8, 4) is 0 Å². The molecule has 1 aliphatic heterocycles. The highest BCUT2D eigenvalue weighted by Gasteiger charge is 2.60. The summed E-state index contributed by atoms with van der Waals surface area (Å²) >= 11 is 0. The van der Waals surface area contributed by atoms with Crippen molar-refractivity contribution in [2.24, 2.45) is 0 Å². The maximum atomic E-state index is 12.3. The molecule has 1 aliphatic rings. The van der Waals surface area contributed by atoms with Gasteiger partial charge in [0.05, 0.1) is 19.2 Å². The molecule has 15 heavy (non-hydrogen) atoms. The zero-order valence-corrected chi connectivity index (χ0v) is 7.53. The first kappa shape index (κ1) is 12.1. The van der Waals surface area contributed by atoms with Crippen LogP contribution in [0.3, 0.4) is 0 Å². The number of likely N-dealkylation sites (tertiary alicyclic amines) is 1. The van der Waals surface area contributed by atoms with Crippen LogP contribution in [0.25, 0.3) is 0 Å². The first-order valence-electron chi connectivity index (χ1n) is 4.11. The Balaban J connectivity index is 2.89.